The van der Waals surface area contributed by atoms with E-state index in [4.69, 9.17) is 0 Å². The van der Waals surface area contributed by atoms with Gasteiger partial charge >= 0.3 is 6.61 Å². The Bertz CT molecular complexity index is 1130. The zero-order valence-electron chi connectivity index (χ0n) is 19.9. The van der Waals surface area contributed by atoms with Crippen LogP contribution in [0.2, 0.25) is 0 Å². The number of aryl methyl sites for hydroxylation is 3. The number of fused-ring (bicyclic) bond motifs is 1. The highest BCUT2D eigenvalue weighted by molar-refractivity contribution is 5.84. The average molecular weight is 491 g/mol. The lowest BCUT2D eigenvalue weighted by atomic mass is 9.78. The summed E-state index contributed by atoms with van der Waals surface area (Å²) in [5.74, 6) is -2.19. The van der Waals surface area contributed by atoms with Gasteiger partial charge in [0.05, 0.1) is 0 Å². The van der Waals surface area contributed by atoms with E-state index in [1.54, 1.807) is 6.07 Å². The molecule has 1 aliphatic carbocycles. The fourth-order valence-electron chi connectivity index (χ4n) is 5.27. The lowest BCUT2D eigenvalue weighted by Gasteiger charge is -2.27. The lowest BCUT2D eigenvalue weighted by molar-refractivity contribution is -0.0546. The quantitative estimate of drug-likeness (QED) is 0.272. The van der Waals surface area contributed by atoms with E-state index in [9.17, 15) is 17.6 Å². The molecule has 0 amide bonds. The van der Waals surface area contributed by atoms with Crippen molar-refractivity contribution in [2.45, 2.75) is 71.3 Å². The van der Waals surface area contributed by atoms with Gasteiger partial charge in [0.1, 0.15) is 5.82 Å². The zero-order chi connectivity index (χ0) is 24.9. The molecule has 35 heavy (non-hydrogen) atoms. The summed E-state index contributed by atoms with van der Waals surface area (Å²) in [7, 11) is 0. The van der Waals surface area contributed by atoms with E-state index >= 15 is 4.39 Å². The predicted octanol–water partition coefficient (Wildman–Crippen LogP) is 8.79. The molecule has 1 saturated carbocycles. The first-order valence-electron chi connectivity index (χ1n) is 12.5. The molecular weight excluding hydrogens is 459 g/mol. The first kappa shape index (κ1) is 25.5. The predicted molar refractivity (Wildman–Crippen MR) is 128 cm³/mol. The Morgan fingerprint density at radius 1 is 0.800 bits per heavy atom. The van der Waals surface area contributed by atoms with E-state index in [1.807, 2.05) is 24.3 Å². The number of halogens is 5. The molecule has 0 spiro atoms. The van der Waals surface area contributed by atoms with Crippen LogP contribution in [0.5, 0.6) is 5.75 Å². The van der Waals surface area contributed by atoms with Crippen molar-refractivity contribution in [2.75, 3.05) is 0 Å². The minimum atomic E-state index is -3.32. The Kier molecular flexibility index (Phi) is 8.30. The minimum Gasteiger partial charge on any atom is -0.429 e. The molecule has 0 saturated heterocycles. The summed E-state index contributed by atoms with van der Waals surface area (Å²) in [5, 5.41) is 1.36. The first-order chi connectivity index (χ1) is 16.8. The second kappa shape index (κ2) is 11.4. The van der Waals surface area contributed by atoms with Crippen molar-refractivity contribution >= 4 is 10.8 Å². The lowest BCUT2D eigenvalue weighted by Crippen LogP contribution is -2.14. The number of hydrogen-bond donors (Lipinski definition) is 0. The third-order valence-electron chi connectivity index (χ3n) is 7.43. The van der Waals surface area contributed by atoms with Gasteiger partial charge in [0.15, 0.2) is 17.4 Å². The molecule has 0 atom stereocenters. The normalized spacial score (nSPS) is 18.4. The highest BCUT2D eigenvalue weighted by Crippen LogP contribution is 2.33. The van der Waals surface area contributed by atoms with Crippen molar-refractivity contribution in [3.05, 3.63) is 76.6 Å². The molecule has 0 aliphatic heterocycles. The van der Waals surface area contributed by atoms with Crippen LogP contribution in [0.15, 0.2) is 42.5 Å². The van der Waals surface area contributed by atoms with Gasteiger partial charge in [-0.05, 0) is 71.7 Å². The maximum absolute atomic E-state index is 15.2. The molecule has 1 fully saturated rings. The molecule has 6 heteroatoms. The molecule has 3 aromatic rings. The van der Waals surface area contributed by atoms with E-state index < -0.39 is 24.0 Å². The van der Waals surface area contributed by atoms with Crippen LogP contribution >= 0.6 is 0 Å². The fraction of sp³-hybridized carbons (Fsp3) is 0.448. The van der Waals surface area contributed by atoms with Crippen molar-refractivity contribution in [3.8, 4) is 5.75 Å². The summed E-state index contributed by atoms with van der Waals surface area (Å²) in [6.45, 7) is -1.05. The Labute approximate surface area is 203 Å². The van der Waals surface area contributed by atoms with Crippen molar-refractivity contribution in [1.82, 2.24) is 0 Å². The van der Waals surface area contributed by atoms with Crippen LogP contribution in [0.3, 0.4) is 0 Å². The van der Waals surface area contributed by atoms with Gasteiger partial charge in [-0.15, -0.1) is 0 Å². The average Bonchev–Trinajstić information content (AvgIpc) is 2.84. The monoisotopic (exact) mass is 490 g/mol. The minimum absolute atomic E-state index is 0.156. The molecule has 1 aliphatic rings. The first-order valence-corrected chi connectivity index (χ1v) is 12.5. The molecule has 4 rings (SSSR count). The third kappa shape index (κ3) is 6.33. The van der Waals surface area contributed by atoms with Crippen LogP contribution in [-0.4, -0.2) is 6.61 Å². The fourth-order valence-corrected chi connectivity index (χ4v) is 5.27. The molecule has 0 radical (unpaired) electrons. The highest BCUT2D eigenvalue weighted by Gasteiger charge is 2.20. The van der Waals surface area contributed by atoms with Crippen LogP contribution in [0.4, 0.5) is 22.0 Å². The van der Waals surface area contributed by atoms with Crippen LogP contribution in [0, 0.1) is 29.3 Å². The summed E-state index contributed by atoms with van der Waals surface area (Å²) >= 11 is 0. The largest absolute Gasteiger partial charge is 0.429 e. The second-order valence-electron chi connectivity index (χ2n) is 9.69. The Hall–Kier alpha value is -2.63. The molecule has 0 heterocycles. The Morgan fingerprint density at radius 2 is 1.49 bits per heavy atom. The highest BCUT2D eigenvalue weighted by atomic mass is 19.3. The number of ether oxygens (including phenoxy) is 1. The number of rotatable bonds is 9. The summed E-state index contributed by atoms with van der Waals surface area (Å²) in [5.41, 5.74) is 1.88. The molecule has 0 bridgehead atoms. The molecule has 0 N–H and O–H groups in total. The maximum atomic E-state index is 15.2. The van der Waals surface area contributed by atoms with E-state index in [0.29, 0.717) is 10.9 Å². The summed E-state index contributed by atoms with van der Waals surface area (Å²) in [6, 6.07) is 11.3. The third-order valence-corrected chi connectivity index (χ3v) is 7.43. The summed E-state index contributed by atoms with van der Waals surface area (Å²) < 4.78 is 71.6. The molecule has 3 aromatic carbocycles. The summed E-state index contributed by atoms with van der Waals surface area (Å²) in [4.78, 5) is 0. The van der Waals surface area contributed by atoms with Gasteiger partial charge < -0.3 is 4.74 Å². The van der Waals surface area contributed by atoms with E-state index in [2.05, 4.69) is 11.7 Å². The standard InChI is InChI=1S/C29H31F5O/c1-2-18-3-5-19(6-4-18)7-8-20-10-14-24-23(15-20)13-12-22(27(24)32)11-9-21-16-25(30)28(26(31)17-21)35-29(33)34/h10,12-19,29H,2-9,11H2,1H3. The van der Waals surface area contributed by atoms with E-state index in [0.717, 1.165) is 42.2 Å². The van der Waals surface area contributed by atoms with Gasteiger partial charge in [-0.2, -0.15) is 8.78 Å². The van der Waals surface area contributed by atoms with Gasteiger partial charge in [0.2, 0.25) is 0 Å². The van der Waals surface area contributed by atoms with Crippen LogP contribution in [0.1, 0.15) is 62.1 Å². The SMILES string of the molecule is CCC1CCC(CCc2ccc3c(F)c(CCc4cc(F)c(OC(F)F)c(F)c4)ccc3c2)CC1. The maximum Gasteiger partial charge on any atom is 0.387 e. The number of alkyl halides is 2. The molecule has 0 aromatic heterocycles. The van der Waals surface area contributed by atoms with Gasteiger partial charge in [-0.25, -0.2) is 13.2 Å². The van der Waals surface area contributed by atoms with Gasteiger partial charge in [-0.3, -0.25) is 0 Å². The summed E-state index contributed by atoms with van der Waals surface area (Å²) in [6.07, 6.45) is 9.09. The van der Waals surface area contributed by atoms with Crippen molar-refractivity contribution in [1.29, 1.82) is 0 Å². The van der Waals surface area contributed by atoms with E-state index in [1.165, 1.54) is 37.7 Å². The van der Waals surface area contributed by atoms with Crippen LogP contribution in [0.25, 0.3) is 10.8 Å². The zero-order valence-corrected chi connectivity index (χ0v) is 19.9. The van der Waals surface area contributed by atoms with Crippen LogP contribution < -0.4 is 4.74 Å². The second-order valence-corrected chi connectivity index (χ2v) is 9.69. The smallest absolute Gasteiger partial charge is 0.387 e. The molecule has 1 nitrogen and oxygen atoms in total. The molecular formula is C29H31F5O. The van der Waals surface area contributed by atoms with Crippen molar-refractivity contribution < 1.29 is 26.7 Å². The van der Waals surface area contributed by atoms with Gasteiger partial charge in [0.25, 0.3) is 0 Å². The van der Waals surface area contributed by atoms with Crippen LogP contribution in [-0.2, 0) is 19.3 Å². The molecule has 188 valence electrons. The van der Waals surface area contributed by atoms with Gasteiger partial charge in [0, 0.05) is 5.39 Å². The number of benzene rings is 3. The van der Waals surface area contributed by atoms with E-state index in [-0.39, 0.29) is 24.2 Å². The Balaban J connectivity index is 1.40. The molecule has 0 unspecified atom stereocenters. The Morgan fingerprint density at radius 3 is 2.14 bits per heavy atom. The van der Waals surface area contributed by atoms with Crippen molar-refractivity contribution in [2.24, 2.45) is 11.8 Å². The topological polar surface area (TPSA) is 9.23 Å². The number of hydrogen-bond acceptors (Lipinski definition) is 1. The van der Waals surface area contributed by atoms with Gasteiger partial charge in [-0.1, -0.05) is 69.4 Å². The van der Waals surface area contributed by atoms with Crippen molar-refractivity contribution in [3.63, 3.8) is 0 Å².